The van der Waals surface area contributed by atoms with Crippen molar-refractivity contribution in [2.75, 3.05) is 37.5 Å². The van der Waals surface area contributed by atoms with E-state index in [1.165, 1.54) is 19.2 Å². The standard InChI is InChI=1S/C20H20FN3O3/c1-23-16-6-4-3-5-14(16)20(18(23)25)9-10-24(12-20)19(26)22-13-7-8-17(27-2)15(21)11-13/h3-8,11H,9-10,12H2,1-2H3,(H,22,26). The summed E-state index contributed by atoms with van der Waals surface area (Å²) < 4.78 is 18.7. The molecule has 4 rings (SSSR count). The van der Waals surface area contributed by atoms with Crippen molar-refractivity contribution in [3.8, 4) is 5.75 Å². The number of ether oxygens (including phenoxy) is 1. The maximum atomic E-state index is 13.8. The number of rotatable bonds is 2. The Morgan fingerprint density at radius 1 is 1.26 bits per heavy atom. The van der Waals surface area contributed by atoms with Gasteiger partial charge in [-0.1, -0.05) is 18.2 Å². The van der Waals surface area contributed by atoms with Gasteiger partial charge in [-0.15, -0.1) is 0 Å². The number of hydrogen-bond acceptors (Lipinski definition) is 3. The summed E-state index contributed by atoms with van der Waals surface area (Å²) in [4.78, 5) is 28.9. The minimum absolute atomic E-state index is 0.00879. The largest absolute Gasteiger partial charge is 0.494 e. The number of para-hydroxylation sites is 1. The first-order valence-corrected chi connectivity index (χ1v) is 8.73. The van der Waals surface area contributed by atoms with E-state index in [0.29, 0.717) is 25.2 Å². The second kappa shape index (κ2) is 6.26. The lowest BCUT2D eigenvalue weighted by Crippen LogP contribution is -2.42. The van der Waals surface area contributed by atoms with E-state index < -0.39 is 11.2 Å². The quantitative estimate of drug-likeness (QED) is 0.885. The second-order valence-corrected chi connectivity index (χ2v) is 6.91. The van der Waals surface area contributed by atoms with Gasteiger partial charge >= 0.3 is 6.03 Å². The van der Waals surface area contributed by atoms with Gasteiger partial charge in [0.15, 0.2) is 11.6 Å². The number of likely N-dealkylation sites (tertiary alicyclic amines) is 1. The van der Waals surface area contributed by atoms with E-state index in [0.717, 1.165) is 11.3 Å². The van der Waals surface area contributed by atoms with E-state index in [9.17, 15) is 14.0 Å². The van der Waals surface area contributed by atoms with Gasteiger partial charge in [-0.05, 0) is 30.2 Å². The third-order valence-electron chi connectivity index (χ3n) is 5.45. The molecule has 1 spiro atoms. The number of benzene rings is 2. The molecule has 3 amide bonds. The highest BCUT2D eigenvalue weighted by molar-refractivity contribution is 6.08. The number of nitrogens with one attached hydrogen (secondary N) is 1. The predicted molar refractivity (Wildman–Crippen MR) is 99.7 cm³/mol. The van der Waals surface area contributed by atoms with E-state index in [2.05, 4.69) is 5.32 Å². The fraction of sp³-hybridized carbons (Fsp3) is 0.300. The van der Waals surface area contributed by atoms with Crippen molar-refractivity contribution in [3.63, 3.8) is 0 Å². The summed E-state index contributed by atoms with van der Waals surface area (Å²) in [6.07, 6.45) is 0.567. The highest BCUT2D eigenvalue weighted by atomic mass is 19.1. The van der Waals surface area contributed by atoms with Crippen LogP contribution in [0.3, 0.4) is 0 Å². The summed E-state index contributed by atoms with van der Waals surface area (Å²) in [5.41, 5.74) is 1.49. The smallest absolute Gasteiger partial charge is 0.321 e. The first-order chi connectivity index (χ1) is 13.0. The molecule has 2 aromatic rings. The van der Waals surface area contributed by atoms with Gasteiger partial charge in [0.1, 0.15) is 0 Å². The Hall–Kier alpha value is -3.09. The maximum Gasteiger partial charge on any atom is 0.321 e. The number of methoxy groups -OCH3 is 1. The topological polar surface area (TPSA) is 61.9 Å². The van der Waals surface area contributed by atoms with Crippen molar-refractivity contribution in [2.45, 2.75) is 11.8 Å². The Balaban J connectivity index is 1.54. The van der Waals surface area contributed by atoms with Crippen LogP contribution < -0.4 is 15.0 Å². The predicted octanol–water partition coefficient (Wildman–Crippen LogP) is 2.99. The molecule has 2 aromatic carbocycles. The van der Waals surface area contributed by atoms with Crippen LogP contribution in [0.1, 0.15) is 12.0 Å². The summed E-state index contributed by atoms with van der Waals surface area (Å²) in [5, 5.41) is 2.70. The van der Waals surface area contributed by atoms with E-state index in [1.54, 1.807) is 22.9 Å². The number of carbonyl (C=O) groups is 2. The van der Waals surface area contributed by atoms with Crippen LogP contribution in [0.25, 0.3) is 0 Å². The first kappa shape index (κ1) is 17.3. The molecule has 1 atom stereocenters. The highest BCUT2D eigenvalue weighted by Crippen LogP contribution is 2.46. The van der Waals surface area contributed by atoms with Crippen molar-refractivity contribution >= 4 is 23.3 Å². The molecule has 1 unspecified atom stereocenters. The summed E-state index contributed by atoms with van der Waals surface area (Å²) in [5.74, 6) is -0.423. The summed E-state index contributed by atoms with van der Waals surface area (Å²) in [6.45, 7) is 0.760. The van der Waals surface area contributed by atoms with Gasteiger partial charge in [-0.3, -0.25) is 4.79 Å². The minimum Gasteiger partial charge on any atom is -0.494 e. The molecule has 0 aliphatic carbocycles. The summed E-state index contributed by atoms with van der Waals surface area (Å²) >= 11 is 0. The van der Waals surface area contributed by atoms with E-state index in [-0.39, 0.29) is 17.7 Å². The summed E-state index contributed by atoms with van der Waals surface area (Å²) in [6, 6.07) is 11.6. The number of halogens is 1. The number of likely N-dealkylation sites (N-methyl/N-ethyl adjacent to an activating group) is 1. The molecule has 2 heterocycles. The molecule has 1 saturated heterocycles. The van der Waals surface area contributed by atoms with Gasteiger partial charge in [0.05, 0.1) is 12.5 Å². The molecular weight excluding hydrogens is 349 g/mol. The molecule has 1 N–H and O–H groups in total. The molecular formula is C20H20FN3O3. The SMILES string of the molecule is COc1ccc(NC(=O)N2CCC3(C2)C(=O)N(C)c2ccccc23)cc1F. The lowest BCUT2D eigenvalue weighted by atomic mass is 9.81. The third-order valence-corrected chi connectivity index (χ3v) is 5.45. The molecule has 140 valence electrons. The normalized spacial score (nSPS) is 20.9. The van der Waals surface area contributed by atoms with E-state index in [4.69, 9.17) is 4.74 Å². The molecule has 2 aliphatic heterocycles. The van der Waals surface area contributed by atoms with Gasteiger partial charge in [0, 0.05) is 37.6 Å². The summed E-state index contributed by atoms with van der Waals surface area (Å²) in [7, 11) is 3.15. The van der Waals surface area contributed by atoms with Gasteiger partial charge < -0.3 is 19.9 Å². The molecule has 27 heavy (non-hydrogen) atoms. The van der Waals surface area contributed by atoms with Crippen molar-refractivity contribution in [1.29, 1.82) is 0 Å². The number of hydrogen-bond donors (Lipinski definition) is 1. The fourth-order valence-corrected chi connectivity index (χ4v) is 4.04. The Morgan fingerprint density at radius 2 is 2.04 bits per heavy atom. The Kier molecular flexibility index (Phi) is 4.02. The maximum absolute atomic E-state index is 13.8. The van der Waals surface area contributed by atoms with E-state index in [1.807, 2.05) is 24.3 Å². The molecule has 0 aromatic heterocycles. The van der Waals surface area contributed by atoms with Gasteiger partial charge in [0.25, 0.3) is 0 Å². The molecule has 0 saturated carbocycles. The van der Waals surface area contributed by atoms with Gasteiger partial charge in [-0.2, -0.15) is 0 Å². The van der Waals surface area contributed by atoms with Crippen LogP contribution in [0.15, 0.2) is 42.5 Å². The van der Waals surface area contributed by atoms with Crippen LogP contribution in [-0.2, 0) is 10.2 Å². The molecule has 7 heteroatoms. The number of fused-ring (bicyclic) bond motifs is 2. The van der Waals surface area contributed by atoms with Gasteiger partial charge in [0.2, 0.25) is 5.91 Å². The number of amides is 3. The van der Waals surface area contributed by atoms with Crippen LogP contribution in [-0.4, -0.2) is 44.1 Å². The number of carbonyl (C=O) groups excluding carboxylic acids is 2. The molecule has 6 nitrogen and oxygen atoms in total. The van der Waals surface area contributed by atoms with Crippen molar-refractivity contribution in [1.82, 2.24) is 4.90 Å². The van der Waals surface area contributed by atoms with Crippen molar-refractivity contribution < 1.29 is 18.7 Å². The van der Waals surface area contributed by atoms with Gasteiger partial charge in [-0.25, -0.2) is 9.18 Å². The number of anilines is 2. The second-order valence-electron chi connectivity index (χ2n) is 6.91. The van der Waals surface area contributed by atoms with Crippen molar-refractivity contribution in [3.05, 3.63) is 53.8 Å². The molecule has 2 aliphatic rings. The zero-order chi connectivity index (χ0) is 19.2. The number of nitrogens with zero attached hydrogens (tertiary/aromatic N) is 2. The number of urea groups is 1. The lowest BCUT2D eigenvalue weighted by molar-refractivity contribution is -0.122. The first-order valence-electron chi connectivity index (χ1n) is 8.73. The average molecular weight is 369 g/mol. The van der Waals surface area contributed by atoms with Crippen molar-refractivity contribution in [2.24, 2.45) is 0 Å². The Bertz CT molecular complexity index is 932. The molecule has 0 radical (unpaired) electrons. The van der Waals surface area contributed by atoms with Crippen LogP contribution in [0.5, 0.6) is 5.75 Å². The Morgan fingerprint density at radius 3 is 2.78 bits per heavy atom. The molecule has 0 bridgehead atoms. The zero-order valence-corrected chi connectivity index (χ0v) is 15.2. The minimum atomic E-state index is -0.701. The lowest BCUT2D eigenvalue weighted by Gasteiger charge is -2.23. The monoisotopic (exact) mass is 369 g/mol. The third kappa shape index (κ3) is 2.61. The highest BCUT2D eigenvalue weighted by Gasteiger charge is 2.54. The Labute approximate surface area is 156 Å². The fourth-order valence-electron chi connectivity index (χ4n) is 4.04. The average Bonchev–Trinajstić information content (AvgIpc) is 3.21. The zero-order valence-electron chi connectivity index (χ0n) is 15.2. The van der Waals surface area contributed by atoms with E-state index >= 15 is 0 Å². The van der Waals surface area contributed by atoms with Crippen LogP contribution in [0, 0.1) is 5.82 Å². The van der Waals surface area contributed by atoms with Crippen LogP contribution in [0.4, 0.5) is 20.6 Å². The van der Waals surface area contributed by atoms with Crippen LogP contribution >= 0.6 is 0 Å². The molecule has 1 fully saturated rings. The van der Waals surface area contributed by atoms with Crippen LogP contribution in [0.2, 0.25) is 0 Å².